The van der Waals surface area contributed by atoms with Gasteiger partial charge >= 0.3 is 0 Å². The zero-order valence-electron chi connectivity index (χ0n) is 16.4. The van der Waals surface area contributed by atoms with Crippen LogP contribution in [0.3, 0.4) is 0 Å². The van der Waals surface area contributed by atoms with E-state index in [0.29, 0.717) is 16.5 Å². The lowest BCUT2D eigenvalue weighted by atomic mass is 10.1. The van der Waals surface area contributed by atoms with Crippen molar-refractivity contribution < 1.29 is 4.79 Å². The Labute approximate surface area is 183 Å². The molecule has 0 atom stereocenters. The summed E-state index contributed by atoms with van der Waals surface area (Å²) < 4.78 is 1.66. The fraction of sp³-hybridized carbons (Fsp3) is 0. The summed E-state index contributed by atoms with van der Waals surface area (Å²) in [5, 5.41) is 10.1. The first-order valence-corrected chi connectivity index (χ1v) is 10.1. The highest BCUT2D eigenvalue weighted by Gasteiger charge is 2.19. The first-order chi connectivity index (χ1) is 15.2. The molecule has 0 saturated heterocycles. The van der Waals surface area contributed by atoms with E-state index < -0.39 is 0 Å². The van der Waals surface area contributed by atoms with Gasteiger partial charge in [-0.15, -0.1) is 5.10 Å². The largest absolute Gasteiger partial charge is 0.319 e. The SMILES string of the molecule is O=C(Nc1cccc2ccccc12)c1nc(-c2ccccc2)n(-c2ccc(Cl)cc2)n1. The molecule has 1 heterocycles. The summed E-state index contributed by atoms with van der Waals surface area (Å²) in [7, 11) is 0. The van der Waals surface area contributed by atoms with E-state index in [2.05, 4.69) is 15.4 Å². The second-order valence-electron chi connectivity index (χ2n) is 6.99. The fourth-order valence-electron chi connectivity index (χ4n) is 3.46. The van der Waals surface area contributed by atoms with Crippen LogP contribution < -0.4 is 5.32 Å². The van der Waals surface area contributed by atoms with E-state index in [1.165, 1.54) is 0 Å². The lowest BCUT2D eigenvalue weighted by molar-refractivity contribution is 0.101. The van der Waals surface area contributed by atoms with Crippen LogP contribution in [0.4, 0.5) is 5.69 Å². The van der Waals surface area contributed by atoms with Crippen molar-refractivity contribution in [3.8, 4) is 17.1 Å². The van der Waals surface area contributed by atoms with Crippen molar-refractivity contribution in [2.24, 2.45) is 0 Å². The molecule has 0 aliphatic rings. The minimum atomic E-state index is -0.374. The number of carbonyl (C=O) groups is 1. The number of hydrogen-bond donors (Lipinski definition) is 1. The van der Waals surface area contributed by atoms with Crippen molar-refractivity contribution in [2.75, 3.05) is 5.32 Å². The number of nitrogens with zero attached hydrogens (tertiary/aromatic N) is 3. The fourth-order valence-corrected chi connectivity index (χ4v) is 3.58. The van der Waals surface area contributed by atoms with Crippen LogP contribution in [0.5, 0.6) is 0 Å². The highest BCUT2D eigenvalue weighted by atomic mass is 35.5. The highest BCUT2D eigenvalue weighted by Crippen LogP contribution is 2.25. The van der Waals surface area contributed by atoms with Crippen LogP contribution in [0.1, 0.15) is 10.6 Å². The number of benzene rings is 4. The van der Waals surface area contributed by atoms with E-state index in [-0.39, 0.29) is 11.7 Å². The van der Waals surface area contributed by atoms with Gasteiger partial charge in [0.1, 0.15) is 0 Å². The van der Waals surface area contributed by atoms with Crippen LogP contribution in [-0.2, 0) is 0 Å². The molecule has 6 heteroatoms. The Morgan fingerprint density at radius 3 is 2.32 bits per heavy atom. The lowest BCUT2D eigenvalue weighted by Crippen LogP contribution is -2.14. The molecule has 5 nitrogen and oxygen atoms in total. The Bertz CT molecular complexity index is 1370. The summed E-state index contributed by atoms with van der Waals surface area (Å²) in [4.78, 5) is 17.6. The third-order valence-electron chi connectivity index (χ3n) is 4.95. The second-order valence-corrected chi connectivity index (χ2v) is 7.43. The average molecular weight is 425 g/mol. The van der Waals surface area contributed by atoms with Crippen molar-refractivity contribution in [3.63, 3.8) is 0 Å². The molecule has 1 amide bonds. The Kier molecular flexibility index (Phi) is 4.94. The number of carbonyl (C=O) groups excluding carboxylic acids is 1. The molecule has 0 spiro atoms. The Hall–Kier alpha value is -3.96. The summed E-state index contributed by atoms with van der Waals surface area (Å²) in [5.74, 6) is 0.286. The van der Waals surface area contributed by atoms with Crippen LogP contribution in [0, 0.1) is 0 Å². The minimum absolute atomic E-state index is 0.0849. The van der Waals surface area contributed by atoms with Crippen molar-refractivity contribution in [1.82, 2.24) is 14.8 Å². The van der Waals surface area contributed by atoms with Gasteiger partial charge in [0.05, 0.1) is 5.69 Å². The molecule has 0 bridgehead atoms. The van der Waals surface area contributed by atoms with Crippen molar-refractivity contribution in [3.05, 3.63) is 108 Å². The van der Waals surface area contributed by atoms with Gasteiger partial charge in [-0.2, -0.15) is 0 Å². The van der Waals surface area contributed by atoms with Crippen LogP contribution in [0.25, 0.3) is 27.8 Å². The summed E-state index contributed by atoms with van der Waals surface area (Å²) >= 11 is 6.04. The molecule has 1 N–H and O–H groups in total. The van der Waals surface area contributed by atoms with Gasteiger partial charge in [-0.05, 0) is 35.7 Å². The van der Waals surface area contributed by atoms with Crippen LogP contribution >= 0.6 is 11.6 Å². The molecule has 4 aromatic carbocycles. The molecule has 5 aromatic rings. The van der Waals surface area contributed by atoms with Crippen molar-refractivity contribution in [2.45, 2.75) is 0 Å². The average Bonchev–Trinajstić information content (AvgIpc) is 3.26. The molecule has 0 aliphatic carbocycles. The van der Waals surface area contributed by atoms with E-state index in [0.717, 1.165) is 22.0 Å². The van der Waals surface area contributed by atoms with Gasteiger partial charge in [-0.3, -0.25) is 4.79 Å². The zero-order chi connectivity index (χ0) is 21.2. The zero-order valence-corrected chi connectivity index (χ0v) is 17.1. The van der Waals surface area contributed by atoms with Crippen molar-refractivity contribution >= 4 is 34.0 Å². The lowest BCUT2D eigenvalue weighted by Gasteiger charge is -2.07. The van der Waals surface area contributed by atoms with Gasteiger partial charge in [0, 0.05) is 21.7 Å². The van der Waals surface area contributed by atoms with Gasteiger partial charge in [0.15, 0.2) is 5.82 Å². The van der Waals surface area contributed by atoms with Gasteiger partial charge in [0.25, 0.3) is 5.91 Å². The van der Waals surface area contributed by atoms with Crippen LogP contribution in [0.15, 0.2) is 97.1 Å². The van der Waals surface area contributed by atoms with Gasteiger partial charge in [-0.1, -0.05) is 78.3 Å². The Balaban J connectivity index is 1.56. The number of aromatic nitrogens is 3. The standard InChI is InChI=1S/C25H17ClN4O/c26-19-13-15-20(16-14-19)30-24(18-8-2-1-3-9-18)28-23(29-30)25(31)27-22-12-6-10-17-7-4-5-11-21(17)22/h1-16H,(H,27,31). The normalized spacial score (nSPS) is 10.9. The first-order valence-electron chi connectivity index (χ1n) is 9.76. The molecular formula is C25H17ClN4O. The number of nitrogens with one attached hydrogen (secondary N) is 1. The molecule has 150 valence electrons. The van der Waals surface area contributed by atoms with Crippen LogP contribution in [-0.4, -0.2) is 20.7 Å². The molecule has 0 saturated carbocycles. The molecule has 1 aromatic heterocycles. The minimum Gasteiger partial charge on any atom is -0.319 e. The maximum Gasteiger partial charge on any atom is 0.295 e. The molecule has 0 unspecified atom stereocenters. The van der Waals surface area contributed by atoms with E-state index in [1.54, 1.807) is 16.8 Å². The predicted molar refractivity (Wildman–Crippen MR) is 124 cm³/mol. The summed E-state index contributed by atoms with van der Waals surface area (Å²) in [6.07, 6.45) is 0. The number of hydrogen-bond acceptors (Lipinski definition) is 3. The quantitative estimate of drug-likeness (QED) is 0.385. The van der Waals surface area contributed by atoms with Crippen LogP contribution in [0.2, 0.25) is 5.02 Å². The maximum absolute atomic E-state index is 13.1. The summed E-state index contributed by atoms with van der Waals surface area (Å²) in [5.41, 5.74) is 2.33. The molecule has 0 aliphatic heterocycles. The molecule has 5 rings (SSSR count). The number of fused-ring (bicyclic) bond motifs is 1. The monoisotopic (exact) mass is 424 g/mol. The van der Waals surface area contributed by atoms with Gasteiger partial charge in [-0.25, -0.2) is 9.67 Å². The summed E-state index contributed by atoms with van der Waals surface area (Å²) in [6.45, 7) is 0. The predicted octanol–water partition coefficient (Wildman–Crippen LogP) is 5.99. The van der Waals surface area contributed by atoms with E-state index in [9.17, 15) is 4.79 Å². The van der Waals surface area contributed by atoms with E-state index in [1.807, 2.05) is 84.9 Å². The topological polar surface area (TPSA) is 59.8 Å². The maximum atomic E-state index is 13.1. The molecule has 0 fully saturated rings. The number of anilines is 1. The third kappa shape index (κ3) is 3.79. The van der Waals surface area contributed by atoms with Gasteiger partial charge in [0.2, 0.25) is 5.82 Å². The number of amides is 1. The molecule has 31 heavy (non-hydrogen) atoms. The van der Waals surface area contributed by atoms with E-state index in [4.69, 9.17) is 11.6 Å². The Morgan fingerprint density at radius 1 is 0.806 bits per heavy atom. The van der Waals surface area contributed by atoms with Gasteiger partial charge < -0.3 is 5.32 Å². The first kappa shape index (κ1) is 19.0. The smallest absolute Gasteiger partial charge is 0.295 e. The van der Waals surface area contributed by atoms with E-state index >= 15 is 0 Å². The Morgan fingerprint density at radius 2 is 1.52 bits per heavy atom. The molecular weight excluding hydrogens is 408 g/mol. The third-order valence-corrected chi connectivity index (χ3v) is 5.20. The molecule has 0 radical (unpaired) electrons. The van der Waals surface area contributed by atoms with Crippen molar-refractivity contribution in [1.29, 1.82) is 0 Å². The summed E-state index contributed by atoms with van der Waals surface area (Å²) in [6, 6.07) is 30.6. The number of halogens is 1. The highest BCUT2D eigenvalue weighted by molar-refractivity contribution is 6.30. The second kappa shape index (κ2) is 8.05. The number of rotatable bonds is 4.